The van der Waals surface area contributed by atoms with E-state index < -0.39 is 41.5 Å². The van der Waals surface area contributed by atoms with E-state index in [4.69, 9.17) is 4.74 Å². The van der Waals surface area contributed by atoms with Crippen LogP contribution < -0.4 is 15.9 Å². The maximum absolute atomic E-state index is 13.6. The number of allylic oxidation sites excluding steroid dienone is 5. The second kappa shape index (κ2) is 17.8. The Morgan fingerprint density at radius 1 is 0.917 bits per heavy atom. The molecule has 272 valence electrons. The number of hydrogen-bond acceptors (Lipinski definition) is 7. The SMILES string of the molecule is COC(C)(C)C.C\C=C(/C=C(\C=C(/C)CN(CCCCN(C=O)c1cc(C(F)(F)F)c(C)cc1C)C1N=NNN1)C(F)(F)F)C(F)(F)F. The third-order valence-electron chi connectivity index (χ3n) is 6.88. The Morgan fingerprint density at radius 3 is 1.92 bits per heavy atom. The van der Waals surface area contributed by atoms with Gasteiger partial charge in [-0.3, -0.25) is 9.69 Å². The van der Waals surface area contributed by atoms with Crippen molar-refractivity contribution in [3.8, 4) is 0 Å². The summed E-state index contributed by atoms with van der Waals surface area (Å²) in [6, 6.07) is 2.25. The zero-order valence-electron chi connectivity index (χ0n) is 28.1. The van der Waals surface area contributed by atoms with Crippen LogP contribution in [0.2, 0.25) is 0 Å². The standard InChI is InChI=1S/C26H31F9N6O.C5H12O/c1-5-19(24(27,28)29)12-20(25(30,31)32)10-16(2)14-40(23-36-38-39-37-23)8-6-7-9-41(15-42)22-13-21(26(33,34)35)17(3)11-18(22)4;1-5(2,3)6-4/h5,10-13,15,23H,6-9,14H2,1-4H3,(H,36,39)(H,37,38);1-4H3/b16-10+,19-5+,20-12+;. The van der Waals surface area contributed by atoms with Gasteiger partial charge in [0, 0.05) is 32.4 Å². The maximum Gasteiger partial charge on any atom is 0.416 e. The Labute approximate surface area is 274 Å². The Hall–Kier alpha value is -3.44. The summed E-state index contributed by atoms with van der Waals surface area (Å²) in [5.41, 5.74) is 1.96. The van der Waals surface area contributed by atoms with E-state index in [-0.39, 0.29) is 48.1 Å². The van der Waals surface area contributed by atoms with Crippen molar-refractivity contribution in [2.75, 3.05) is 31.6 Å². The highest BCUT2D eigenvalue weighted by molar-refractivity contribution is 5.77. The summed E-state index contributed by atoms with van der Waals surface area (Å²) in [5.74, 6) is 0. The number of amides is 1. The average Bonchev–Trinajstić information content (AvgIpc) is 3.48. The number of anilines is 1. The van der Waals surface area contributed by atoms with Crippen molar-refractivity contribution >= 4 is 12.1 Å². The highest BCUT2D eigenvalue weighted by Gasteiger charge is 2.37. The minimum Gasteiger partial charge on any atom is -0.379 e. The molecule has 1 aliphatic rings. The third kappa shape index (κ3) is 14.4. The molecule has 1 amide bonds. The zero-order chi connectivity index (χ0) is 37.1. The van der Waals surface area contributed by atoms with Crippen molar-refractivity contribution in [2.24, 2.45) is 10.3 Å². The molecular weight excluding hydrogens is 659 g/mol. The number of alkyl halides is 9. The number of hydrazine groups is 1. The summed E-state index contributed by atoms with van der Waals surface area (Å²) in [7, 11) is 1.71. The van der Waals surface area contributed by atoms with E-state index >= 15 is 0 Å². The number of benzene rings is 1. The molecule has 1 unspecified atom stereocenters. The molecule has 0 saturated carbocycles. The summed E-state index contributed by atoms with van der Waals surface area (Å²) in [6.45, 7) is 11.4. The Morgan fingerprint density at radius 2 is 1.48 bits per heavy atom. The van der Waals surface area contributed by atoms with Crippen LogP contribution in [0.1, 0.15) is 64.2 Å². The predicted octanol–water partition coefficient (Wildman–Crippen LogP) is 8.50. The first kappa shape index (κ1) is 42.6. The van der Waals surface area contributed by atoms with Crippen LogP contribution in [0.4, 0.5) is 45.2 Å². The van der Waals surface area contributed by atoms with Crippen molar-refractivity contribution < 1.29 is 49.0 Å². The first-order chi connectivity index (χ1) is 21.9. The molecular formula is C31H43F9N6O2. The van der Waals surface area contributed by atoms with Gasteiger partial charge >= 0.3 is 18.5 Å². The lowest BCUT2D eigenvalue weighted by molar-refractivity contribution is -0.138. The Balaban J connectivity index is 0.00000175. The molecule has 1 aromatic carbocycles. The Kier molecular flexibility index (Phi) is 15.8. The fourth-order valence-corrected chi connectivity index (χ4v) is 4.27. The minimum atomic E-state index is -5.06. The minimum absolute atomic E-state index is 0.0179. The number of carbonyl (C=O) groups excluding carboxylic acids is 1. The smallest absolute Gasteiger partial charge is 0.379 e. The van der Waals surface area contributed by atoms with Crippen LogP contribution in [0.25, 0.3) is 0 Å². The number of unbranched alkanes of at least 4 members (excludes halogenated alkanes) is 1. The quantitative estimate of drug-likeness (QED) is 0.0989. The summed E-state index contributed by atoms with van der Waals surface area (Å²) in [4.78, 5) is 14.5. The molecule has 8 nitrogen and oxygen atoms in total. The summed E-state index contributed by atoms with van der Waals surface area (Å²) < 4.78 is 125. The molecule has 0 saturated heterocycles. The lowest BCUT2D eigenvalue weighted by atomic mass is 10.0. The van der Waals surface area contributed by atoms with Crippen molar-refractivity contribution in [1.29, 1.82) is 0 Å². The number of carbonyl (C=O) groups is 1. The molecule has 1 aromatic rings. The van der Waals surface area contributed by atoms with E-state index in [9.17, 15) is 44.3 Å². The topological polar surface area (TPSA) is 81.6 Å². The van der Waals surface area contributed by atoms with E-state index in [1.165, 1.54) is 19.9 Å². The molecule has 0 aliphatic carbocycles. The molecule has 1 aliphatic heterocycles. The highest BCUT2D eigenvalue weighted by Crippen LogP contribution is 2.36. The molecule has 17 heteroatoms. The number of methoxy groups -OCH3 is 1. The molecule has 1 heterocycles. The summed E-state index contributed by atoms with van der Waals surface area (Å²) in [6.07, 6.45) is -13.2. The number of nitrogens with one attached hydrogen (secondary N) is 2. The number of nitrogens with zero attached hydrogens (tertiary/aromatic N) is 4. The molecule has 0 bridgehead atoms. The van der Waals surface area contributed by atoms with Crippen LogP contribution in [-0.2, 0) is 15.7 Å². The van der Waals surface area contributed by atoms with Crippen LogP contribution in [0.15, 0.2) is 57.4 Å². The van der Waals surface area contributed by atoms with Crippen LogP contribution >= 0.6 is 0 Å². The normalized spacial score (nSPS) is 16.5. The fourth-order valence-electron chi connectivity index (χ4n) is 4.27. The number of rotatable bonds is 12. The molecule has 0 fully saturated rings. The van der Waals surface area contributed by atoms with E-state index in [2.05, 4.69) is 21.3 Å². The number of ether oxygens (including phenoxy) is 1. The Bertz CT molecular complexity index is 1330. The van der Waals surface area contributed by atoms with Gasteiger partial charge in [0.15, 0.2) is 6.29 Å². The predicted molar refractivity (Wildman–Crippen MR) is 165 cm³/mol. The van der Waals surface area contributed by atoms with Gasteiger partial charge in [-0.15, -0.1) is 5.11 Å². The fraction of sp³-hybridized carbons (Fsp3) is 0.581. The summed E-state index contributed by atoms with van der Waals surface area (Å²) >= 11 is 0. The molecule has 2 N–H and O–H groups in total. The summed E-state index contributed by atoms with van der Waals surface area (Å²) in [5, 5.41) is 7.43. The molecule has 2 rings (SSSR count). The van der Waals surface area contributed by atoms with E-state index in [1.807, 2.05) is 20.8 Å². The molecule has 0 aromatic heterocycles. The first-order valence-corrected chi connectivity index (χ1v) is 14.7. The first-order valence-electron chi connectivity index (χ1n) is 14.7. The number of aryl methyl sites for hydroxylation is 2. The van der Waals surface area contributed by atoms with E-state index in [0.29, 0.717) is 37.0 Å². The van der Waals surface area contributed by atoms with Gasteiger partial charge < -0.3 is 9.64 Å². The van der Waals surface area contributed by atoms with Gasteiger partial charge in [-0.2, -0.15) is 44.9 Å². The molecule has 48 heavy (non-hydrogen) atoms. The van der Waals surface area contributed by atoms with Crippen molar-refractivity contribution in [3.05, 3.63) is 63.8 Å². The van der Waals surface area contributed by atoms with Gasteiger partial charge in [-0.25, -0.2) is 5.53 Å². The van der Waals surface area contributed by atoms with Crippen LogP contribution in [0, 0.1) is 13.8 Å². The largest absolute Gasteiger partial charge is 0.416 e. The second-order valence-corrected chi connectivity index (χ2v) is 11.9. The van der Waals surface area contributed by atoms with Gasteiger partial charge in [-0.1, -0.05) is 22.9 Å². The highest BCUT2D eigenvalue weighted by atomic mass is 19.4. The van der Waals surface area contributed by atoms with Crippen LogP contribution in [0.3, 0.4) is 0 Å². The lowest BCUT2D eigenvalue weighted by Gasteiger charge is -2.27. The molecule has 1 atom stereocenters. The monoisotopic (exact) mass is 702 g/mol. The van der Waals surface area contributed by atoms with Crippen LogP contribution in [-0.4, -0.2) is 62.3 Å². The van der Waals surface area contributed by atoms with Gasteiger partial charge in [0.25, 0.3) is 0 Å². The molecule has 0 radical (unpaired) electrons. The van der Waals surface area contributed by atoms with Crippen LogP contribution in [0.5, 0.6) is 0 Å². The zero-order valence-corrected chi connectivity index (χ0v) is 28.1. The number of halogens is 9. The molecule has 0 spiro atoms. The van der Waals surface area contributed by atoms with Gasteiger partial charge in [-0.05, 0) is 90.7 Å². The lowest BCUT2D eigenvalue weighted by Crippen LogP contribution is -2.46. The maximum atomic E-state index is 13.6. The van der Waals surface area contributed by atoms with Gasteiger partial charge in [0.1, 0.15) is 0 Å². The van der Waals surface area contributed by atoms with E-state index in [0.717, 1.165) is 17.9 Å². The number of hydrogen-bond donors (Lipinski definition) is 2. The van der Waals surface area contributed by atoms with Gasteiger partial charge in [0.2, 0.25) is 6.41 Å². The second-order valence-electron chi connectivity index (χ2n) is 11.9. The van der Waals surface area contributed by atoms with Crippen molar-refractivity contribution in [3.63, 3.8) is 0 Å². The third-order valence-corrected chi connectivity index (χ3v) is 6.88. The van der Waals surface area contributed by atoms with Crippen molar-refractivity contribution in [2.45, 2.75) is 91.7 Å². The van der Waals surface area contributed by atoms with Gasteiger partial charge in [0.05, 0.1) is 22.3 Å². The average molecular weight is 703 g/mol. The van der Waals surface area contributed by atoms with Crippen molar-refractivity contribution in [1.82, 2.24) is 15.9 Å². The van der Waals surface area contributed by atoms with E-state index in [1.54, 1.807) is 18.9 Å².